The van der Waals surface area contributed by atoms with Gasteiger partial charge in [0.1, 0.15) is 24.4 Å². The molecule has 1 aliphatic heterocycles. The number of ether oxygens (including phenoxy) is 2. The summed E-state index contributed by atoms with van der Waals surface area (Å²) in [7, 11) is 0. The van der Waals surface area contributed by atoms with Crippen molar-refractivity contribution in [3.8, 4) is 0 Å². The number of non-ortho nitro benzene ring substituents is 1. The summed E-state index contributed by atoms with van der Waals surface area (Å²) in [5.74, 6) is 0. The lowest BCUT2D eigenvalue weighted by Gasteiger charge is -2.40. The zero-order chi connectivity index (χ0) is 16.3. The van der Waals surface area contributed by atoms with Gasteiger partial charge in [-0.05, 0) is 0 Å². The van der Waals surface area contributed by atoms with E-state index in [1.54, 1.807) is 0 Å². The van der Waals surface area contributed by atoms with Crippen molar-refractivity contribution in [2.24, 2.45) is 0 Å². The molecule has 0 aliphatic carbocycles. The molecule has 5 atom stereocenters. The molecular formula is C13H17NO8. The fraction of sp³-hybridized carbons (Fsp3) is 0.538. The molecule has 9 nitrogen and oxygen atoms in total. The van der Waals surface area contributed by atoms with Crippen LogP contribution >= 0.6 is 0 Å². The van der Waals surface area contributed by atoms with E-state index >= 15 is 0 Å². The van der Waals surface area contributed by atoms with Gasteiger partial charge in [-0.3, -0.25) is 10.1 Å². The van der Waals surface area contributed by atoms with Crippen molar-refractivity contribution in [3.05, 3.63) is 39.9 Å². The zero-order valence-corrected chi connectivity index (χ0v) is 11.5. The molecule has 4 N–H and O–H groups in total. The molecule has 22 heavy (non-hydrogen) atoms. The summed E-state index contributed by atoms with van der Waals surface area (Å²) in [4.78, 5) is 10.2. The van der Waals surface area contributed by atoms with E-state index in [1.807, 2.05) is 0 Å². The molecule has 9 heteroatoms. The largest absolute Gasteiger partial charge is 0.394 e. The first-order valence-corrected chi connectivity index (χ1v) is 6.61. The van der Waals surface area contributed by atoms with Crippen LogP contribution in [0.25, 0.3) is 0 Å². The average Bonchev–Trinajstić information content (AvgIpc) is 2.54. The van der Waals surface area contributed by atoms with Gasteiger partial charge in [0.15, 0.2) is 6.29 Å². The molecule has 1 aliphatic rings. The van der Waals surface area contributed by atoms with Crippen LogP contribution in [0.4, 0.5) is 5.69 Å². The van der Waals surface area contributed by atoms with Crippen LogP contribution in [0.15, 0.2) is 24.3 Å². The van der Waals surface area contributed by atoms with Crippen LogP contribution in [0, 0.1) is 10.1 Å². The van der Waals surface area contributed by atoms with Gasteiger partial charge in [-0.15, -0.1) is 0 Å². The van der Waals surface area contributed by atoms with Gasteiger partial charge in [-0.1, -0.05) is 12.1 Å². The van der Waals surface area contributed by atoms with Gasteiger partial charge >= 0.3 is 0 Å². The number of hydrogen-bond donors (Lipinski definition) is 4. The maximum absolute atomic E-state index is 10.8. The fourth-order valence-electron chi connectivity index (χ4n) is 2.22. The molecule has 1 aromatic carbocycles. The second-order valence-corrected chi connectivity index (χ2v) is 4.88. The van der Waals surface area contributed by atoms with Crippen LogP contribution in [0.3, 0.4) is 0 Å². The second-order valence-electron chi connectivity index (χ2n) is 4.88. The monoisotopic (exact) mass is 315 g/mol. The molecule has 122 valence electrons. The van der Waals surface area contributed by atoms with Crippen LogP contribution in [-0.4, -0.2) is 63.0 Å². The zero-order valence-electron chi connectivity index (χ0n) is 11.5. The normalized spacial score (nSPS) is 30.0. The van der Waals surface area contributed by atoms with E-state index in [0.717, 1.165) is 0 Å². The van der Waals surface area contributed by atoms with E-state index in [9.17, 15) is 25.4 Å². The lowest BCUT2D eigenvalue weighted by molar-refractivity contribution is -0.385. The number of nitro groups is 1. The van der Waals surface area contributed by atoms with Crippen molar-refractivity contribution in [1.82, 2.24) is 0 Å². The van der Waals surface area contributed by atoms with Gasteiger partial charge in [0.2, 0.25) is 0 Å². The summed E-state index contributed by atoms with van der Waals surface area (Å²) >= 11 is 0. The molecule has 0 amide bonds. The molecule has 1 saturated heterocycles. The molecule has 1 heterocycles. The Morgan fingerprint density at radius 1 is 1.32 bits per heavy atom. The number of nitrogens with zero attached hydrogens (tertiary/aromatic N) is 1. The van der Waals surface area contributed by atoms with Gasteiger partial charge in [-0.2, -0.15) is 0 Å². The number of benzene rings is 1. The molecule has 0 bridgehead atoms. The highest BCUT2D eigenvalue weighted by Crippen LogP contribution is 2.32. The summed E-state index contributed by atoms with van der Waals surface area (Å²) in [5.41, 5.74) is 0.130. The number of aliphatic hydroxyl groups is 4. The molecule has 1 fully saturated rings. The van der Waals surface area contributed by atoms with E-state index in [2.05, 4.69) is 0 Å². The van der Waals surface area contributed by atoms with Gasteiger partial charge in [0.25, 0.3) is 5.69 Å². The maximum atomic E-state index is 10.8. The Kier molecular flexibility index (Phi) is 5.40. The third kappa shape index (κ3) is 3.40. The number of rotatable bonds is 5. The average molecular weight is 315 g/mol. The Bertz CT molecular complexity index is 525. The van der Waals surface area contributed by atoms with Gasteiger partial charge < -0.3 is 29.9 Å². The minimum atomic E-state index is -1.38. The predicted molar refractivity (Wildman–Crippen MR) is 71.8 cm³/mol. The minimum Gasteiger partial charge on any atom is -0.394 e. The highest BCUT2D eigenvalue weighted by Gasteiger charge is 2.42. The van der Waals surface area contributed by atoms with Gasteiger partial charge in [0.05, 0.1) is 18.1 Å². The van der Waals surface area contributed by atoms with Gasteiger partial charge in [-0.25, -0.2) is 0 Å². The Balaban J connectivity index is 2.26. The van der Waals surface area contributed by atoms with Crippen LogP contribution in [0.2, 0.25) is 0 Å². The molecule has 0 saturated carbocycles. The summed E-state index contributed by atoms with van der Waals surface area (Å²) < 4.78 is 10.7. The van der Waals surface area contributed by atoms with Gasteiger partial charge in [0, 0.05) is 17.7 Å². The maximum Gasteiger partial charge on any atom is 0.269 e. The molecule has 0 aromatic heterocycles. The third-order valence-corrected chi connectivity index (χ3v) is 3.40. The van der Waals surface area contributed by atoms with Crippen molar-refractivity contribution >= 4 is 5.69 Å². The summed E-state index contributed by atoms with van der Waals surface area (Å²) in [6, 6.07) is 5.49. The first-order chi connectivity index (χ1) is 10.5. The predicted octanol–water partition coefficient (Wildman–Crippen LogP) is -0.916. The van der Waals surface area contributed by atoms with Crippen molar-refractivity contribution in [3.63, 3.8) is 0 Å². The van der Waals surface area contributed by atoms with Crippen LogP contribution < -0.4 is 0 Å². The summed E-state index contributed by atoms with van der Waals surface area (Å²) in [6.45, 7) is -1.19. The fourth-order valence-corrected chi connectivity index (χ4v) is 2.22. The molecular weight excluding hydrogens is 298 g/mol. The highest BCUT2D eigenvalue weighted by molar-refractivity contribution is 5.35. The first-order valence-electron chi connectivity index (χ1n) is 6.61. The molecule has 2 rings (SSSR count). The third-order valence-electron chi connectivity index (χ3n) is 3.40. The smallest absolute Gasteiger partial charge is 0.269 e. The molecule has 0 spiro atoms. The Labute approximate surface area is 125 Å². The van der Waals surface area contributed by atoms with Crippen molar-refractivity contribution < 1.29 is 34.8 Å². The Hall–Kier alpha value is -1.62. The van der Waals surface area contributed by atoms with E-state index < -0.39 is 48.8 Å². The Morgan fingerprint density at radius 2 is 2.05 bits per heavy atom. The number of nitro benzene ring substituents is 1. The van der Waals surface area contributed by atoms with Crippen LogP contribution in [0.5, 0.6) is 0 Å². The lowest BCUT2D eigenvalue weighted by atomic mass is 10.0. The first kappa shape index (κ1) is 16.7. The number of aliphatic hydroxyl groups excluding tert-OH is 4. The molecule has 1 unspecified atom stereocenters. The van der Waals surface area contributed by atoms with Crippen molar-refractivity contribution in [2.75, 3.05) is 13.2 Å². The molecule has 0 radical (unpaired) electrons. The topological polar surface area (TPSA) is 143 Å². The van der Waals surface area contributed by atoms with Crippen LogP contribution in [0.1, 0.15) is 11.9 Å². The second kappa shape index (κ2) is 7.09. The summed E-state index contributed by atoms with van der Waals surface area (Å²) in [5, 5.41) is 48.7. The van der Waals surface area contributed by atoms with E-state index in [4.69, 9.17) is 14.6 Å². The molecule has 1 aromatic rings. The quantitative estimate of drug-likeness (QED) is 0.404. The van der Waals surface area contributed by atoms with Crippen LogP contribution in [-0.2, 0) is 9.47 Å². The lowest BCUT2D eigenvalue weighted by Crippen LogP contribution is -2.54. The minimum absolute atomic E-state index is 0.171. The standard InChI is InChI=1S/C13H17NO8/c15-5-9(17)12-11(18)10(6-16)21-13(22-12)7-2-1-3-8(4-7)14(19)20/h1-4,9-13,15-18H,5-6H2/t9-,10+,11-,12-,13?/m1/s1. The van der Waals surface area contributed by atoms with E-state index in [-0.39, 0.29) is 5.69 Å². The van der Waals surface area contributed by atoms with Crippen molar-refractivity contribution in [1.29, 1.82) is 0 Å². The van der Waals surface area contributed by atoms with E-state index in [1.165, 1.54) is 24.3 Å². The number of hydrogen-bond acceptors (Lipinski definition) is 8. The van der Waals surface area contributed by atoms with E-state index in [0.29, 0.717) is 5.56 Å². The summed E-state index contributed by atoms with van der Waals surface area (Å²) in [6.07, 6.45) is -6.09. The Morgan fingerprint density at radius 3 is 2.64 bits per heavy atom. The van der Waals surface area contributed by atoms with Crippen molar-refractivity contribution in [2.45, 2.75) is 30.7 Å². The highest BCUT2D eigenvalue weighted by atomic mass is 16.7. The SMILES string of the molecule is O=[N+]([O-])c1cccc(C2O[C@H]([C@H](O)CO)[C@H](O)[C@H](CO)O2)c1.